The van der Waals surface area contributed by atoms with E-state index in [4.69, 9.17) is 16.7 Å². The van der Waals surface area contributed by atoms with Crippen LogP contribution in [0.2, 0.25) is 5.02 Å². The number of non-ortho nitro benzene ring substituents is 1. The molecule has 0 fully saturated rings. The van der Waals surface area contributed by atoms with Crippen LogP contribution in [0.3, 0.4) is 0 Å². The van der Waals surface area contributed by atoms with Crippen LogP contribution in [0.1, 0.15) is 16.8 Å². The lowest BCUT2D eigenvalue weighted by Gasteiger charge is -2.25. The summed E-state index contributed by atoms with van der Waals surface area (Å²) < 4.78 is 0. The zero-order valence-corrected chi connectivity index (χ0v) is 17.7. The zero-order valence-electron chi connectivity index (χ0n) is 17.0. The molecule has 1 heterocycles. The number of H-pyrrole nitrogens is 1. The van der Waals surface area contributed by atoms with Crippen LogP contribution in [-0.4, -0.2) is 21.0 Å². The second-order valence-corrected chi connectivity index (χ2v) is 7.98. The van der Waals surface area contributed by atoms with Gasteiger partial charge in [0, 0.05) is 52.5 Å². The lowest BCUT2D eigenvalue weighted by Crippen LogP contribution is -2.22. The molecule has 1 aromatic heterocycles. The number of carboxylic acid groups (broad SMARTS) is 1. The number of aromatic nitrogens is 1. The summed E-state index contributed by atoms with van der Waals surface area (Å²) in [7, 11) is 0. The molecule has 0 bridgehead atoms. The summed E-state index contributed by atoms with van der Waals surface area (Å²) in [6, 6.07) is 21.8. The molecule has 0 radical (unpaired) electrons. The standard InChI is InChI=1S/C24H20ClN3O4/c25-19-6-4-16(5-7-19)14-27(15-17-2-1-3-22(10-17)28(31)32)21-8-9-23-18(12-21)11-20(26-23)13-24(29)30/h1-12,26H,13-15H2,(H,29,30). The minimum atomic E-state index is -0.896. The number of anilines is 1. The predicted octanol–water partition coefficient (Wildman–Crippen LogP) is 5.56. The van der Waals surface area contributed by atoms with E-state index in [1.165, 1.54) is 6.07 Å². The van der Waals surface area contributed by atoms with Gasteiger partial charge in [-0.2, -0.15) is 0 Å². The Balaban J connectivity index is 1.69. The van der Waals surface area contributed by atoms with E-state index in [0.717, 1.165) is 27.7 Å². The minimum absolute atomic E-state index is 0.0494. The Morgan fingerprint density at radius 3 is 2.47 bits per heavy atom. The lowest BCUT2D eigenvalue weighted by atomic mass is 10.1. The minimum Gasteiger partial charge on any atom is -0.481 e. The van der Waals surface area contributed by atoms with Gasteiger partial charge in [0.05, 0.1) is 11.3 Å². The summed E-state index contributed by atoms with van der Waals surface area (Å²) in [6.07, 6.45) is -0.0772. The maximum Gasteiger partial charge on any atom is 0.309 e. The van der Waals surface area contributed by atoms with Crippen LogP contribution in [-0.2, 0) is 24.3 Å². The van der Waals surface area contributed by atoms with Crippen molar-refractivity contribution < 1.29 is 14.8 Å². The van der Waals surface area contributed by atoms with E-state index in [0.29, 0.717) is 23.8 Å². The normalized spacial score (nSPS) is 10.9. The number of fused-ring (bicyclic) bond motifs is 1. The first-order chi connectivity index (χ1) is 15.4. The number of aromatic amines is 1. The predicted molar refractivity (Wildman–Crippen MR) is 124 cm³/mol. The Morgan fingerprint density at radius 1 is 1.00 bits per heavy atom. The lowest BCUT2D eigenvalue weighted by molar-refractivity contribution is -0.384. The van der Waals surface area contributed by atoms with Crippen molar-refractivity contribution in [3.8, 4) is 0 Å². The van der Waals surface area contributed by atoms with Crippen LogP contribution in [0, 0.1) is 10.1 Å². The van der Waals surface area contributed by atoms with E-state index >= 15 is 0 Å². The van der Waals surface area contributed by atoms with Gasteiger partial charge in [0.2, 0.25) is 0 Å². The van der Waals surface area contributed by atoms with Crippen LogP contribution in [0.15, 0.2) is 72.8 Å². The van der Waals surface area contributed by atoms with Gasteiger partial charge < -0.3 is 15.0 Å². The van der Waals surface area contributed by atoms with E-state index in [1.54, 1.807) is 12.1 Å². The number of hydrogen-bond donors (Lipinski definition) is 2. The molecule has 32 heavy (non-hydrogen) atoms. The van der Waals surface area contributed by atoms with Crippen LogP contribution in [0.25, 0.3) is 10.9 Å². The van der Waals surface area contributed by atoms with Gasteiger partial charge in [0.1, 0.15) is 0 Å². The number of hydrogen-bond acceptors (Lipinski definition) is 4. The average Bonchev–Trinajstić information content (AvgIpc) is 3.15. The molecule has 0 aliphatic carbocycles. The SMILES string of the molecule is O=C(O)Cc1cc2cc(N(Cc3ccc(Cl)cc3)Cc3cccc([N+](=O)[O-])c3)ccc2[nH]1. The van der Waals surface area contributed by atoms with Gasteiger partial charge in [-0.15, -0.1) is 0 Å². The van der Waals surface area contributed by atoms with Gasteiger partial charge in [0.15, 0.2) is 0 Å². The Bertz CT molecular complexity index is 1280. The van der Waals surface area contributed by atoms with Crippen molar-refractivity contribution in [3.63, 3.8) is 0 Å². The van der Waals surface area contributed by atoms with Gasteiger partial charge in [-0.1, -0.05) is 35.9 Å². The van der Waals surface area contributed by atoms with Crippen molar-refractivity contribution in [1.29, 1.82) is 0 Å². The molecular formula is C24H20ClN3O4. The number of nitro groups is 1. The fourth-order valence-corrected chi connectivity index (χ4v) is 3.80. The second-order valence-electron chi connectivity index (χ2n) is 7.55. The second kappa shape index (κ2) is 9.11. The third-order valence-corrected chi connectivity index (χ3v) is 5.40. The molecular weight excluding hydrogens is 430 g/mol. The average molecular weight is 450 g/mol. The number of benzene rings is 3. The van der Waals surface area contributed by atoms with Crippen molar-refractivity contribution >= 4 is 39.8 Å². The van der Waals surface area contributed by atoms with Gasteiger partial charge in [-0.05, 0) is 47.5 Å². The van der Waals surface area contributed by atoms with E-state index in [-0.39, 0.29) is 12.1 Å². The molecule has 0 aliphatic heterocycles. The molecule has 2 N–H and O–H groups in total. The summed E-state index contributed by atoms with van der Waals surface area (Å²) in [4.78, 5) is 27.1. The molecule has 0 atom stereocenters. The topological polar surface area (TPSA) is 99.5 Å². The number of carboxylic acids is 1. The molecule has 0 unspecified atom stereocenters. The maximum absolute atomic E-state index is 11.2. The molecule has 0 aliphatic rings. The van der Waals surface area contributed by atoms with Crippen molar-refractivity contribution in [2.75, 3.05) is 4.90 Å². The Morgan fingerprint density at radius 2 is 1.75 bits per heavy atom. The van der Waals surface area contributed by atoms with Gasteiger partial charge in [0.25, 0.3) is 5.69 Å². The summed E-state index contributed by atoms with van der Waals surface area (Å²) in [5.41, 5.74) is 4.31. The van der Waals surface area contributed by atoms with Crippen LogP contribution >= 0.6 is 11.6 Å². The number of nitro benzene ring substituents is 1. The van der Waals surface area contributed by atoms with Gasteiger partial charge in [-0.25, -0.2) is 0 Å². The van der Waals surface area contributed by atoms with Crippen molar-refractivity contribution in [3.05, 3.63) is 105 Å². The number of nitrogens with zero attached hydrogens (tertiary/aromatic N) is 2. The van der Waals surface area contributed by atoms with Crippen LogP contribution in [0.4, 0.5) is 11.4 Å². The Kier molecular flexibility index (Phi) is 6.09. The van der Waals surface area contributed by atoms with E-state index in [1.807, 2.05) is 54.6 Å². The highest BCUT2D eigenvalue weighted by Gasteiger charge is 2.14. The molecule has 3 aromatic carbocycles. The van der Waals surface area contributed by atoms with Crippen molar-refractivity contribution in [1.82, 2.24) is 4.98 Å². The first kappa shape index (κ1) is 21.4. The van der Waals surface area contributed by atoms with E-state index in [9.17, 15) is 14.9 Å². The number of halogens is 1. The van der Waals surface area contributed by atoms with Crippen LogP contribution in [0.5, 0.6) is 0 Å². The number of carbonyl (C=O) groups is 1. The highest BCUT2D eigenvalue weighted by molar-refractivity contribution is 6.30. The van der Waals surface area contributed by atoms with Crippen LogP contribution < -0.4 is 4.90 Å². The summed E-state index contributed by atoms with van der Waals surface area (Å²) >= 11 is 6.02. The maximum atomic E-state index is 11.2. The highest BCUT2D eigenvalue weighted by Crippen LogP contribution is 2.27. The summed E-state index contributed by atoms with van der Waals surface area (Å²) in [6.45, 7) is 1.03. The van der Waals surface area contributed by atoms with Gasteiger partial charge in [-0.3, -0.25) is 14.9 Å². The molecule has 0 saturated heterocycles. The molecule has 7 nitrogen and oxygen atoms in total. The van der Waals surface area contributed by atoms with E-state index < -0.39 is 10.9 Å². The molecule has 0 saturated carbocycles. The van der Waals surface area contributed by atoms with Crippen molar-refractivity contribution in [2.45, 2.75) is 19.5 Å². The van der Waals surface area contributed by atoms with E-state index in [2.05, 4.69) is 9.88 Å². The molecule has 4 rings (SSSR count). The van der Waals surface area contributed by atoms with Gasteiger partial charge >= 0.3 is 5.97 Å². The molecule has 0 amide bonds. The molecule has 0 spiro atoms. The molecule has 4 aromatic rings. The first-order valence-corrected chi connectivity index (χ1v) is 10.3. The number of nitrogens with one attached hydrogen (secondary N) is 1. The zero-order chi connectivity index (χ0) is 22.7. The fourth-order valence-electron chi connectivity index (χ4n) is 3.67. The summed E-state index contributed by atoms with van der Waals surface area (Å²) in [5.74, 6) is -0.896. The monoisotopic (exact) mass is 449 g/mol. The number of rotatable bonds is 8. The molecule has 8 heteroatoms. The third kappa shape index (κ3) is 5.07. The first-order valence-electron chi connectivity index (χ1n) is 9.93. The largest absolute Gasteiger partial charge is 0.481 e. The quantitative estimate of drug-likeness (QED) is 0.271. The third-order valence-electron chi connectivity index (χ3n) is 5.15. The smallest absolute Gasteiger partial charge is 0.309 e. The fraction of sp³-hybridized carbons (Fsp3) is 0.125. The summed E-state index contributed by atoms with van der Waals surface area (Å²) in [5, 5.41) is 21.8. The van der Waals surface area contributed by atoms with Crippen molar-refractivity contribution in [2.24, 2.45) is 0 Å². The highest BCUT2D eigenvalue weighted by atomic mass is 35.5. The Labute approximate surface area is 189 Å². The molecule has 162 valence electrons. The number of aliphatic carboxylic acids is 1. The Hall–Kier alpha value is -3.84.